The van der Waals surface area contributed by atoms with E-state index in [1.54, 1.807) is 0 Å². The Hall–Kier alpha value is -1.02. The lowest BCUT2D eigenvalue weighted by Crippen LogP contribution is -2.19. The number of benzene rings is 1. The van der Waals surface area contributed by atoms with Crippen molar-refractivity contribution in [3.63, 3.8) is 0 Å². The highest BCUT2D eigenvalue weighted by Crippen LogP contribution is 2.27. The summed E-state index contributed by atoms with van der Waals surface area (Å²) >= 11 is 0. The summed E-state index contributed by atoms with van der Waals surface area (Å²) in [5, 5.41) is 9.64. The van der Waals surface area contributed by atoms with Crippen molar-refractivity contribution in [2.75, 3.05) is 6.61 Å². The zero-order valence-electron chi connectivity index (χ0n) is 9.86. The van der Waals surface area contributed by atoms with E-state index in [0.29, 0.717) is 0 Å². The Morgan fingerprint density at radius 1 is 1.31 bits per heavy atom. The summed E-state index contributed by atoms with van der Waals surface area (Å²) in [7, 11) is 0. The zero-order valence-corrected chi connectivity index (χ0v) is 9.86. The van der Waals surface area contributed by atoms with Crippen molar-refractivity contribution in [3.8, 4) is 5.75 Å². The van der Waals surface area contributed by atoms with Crippen LogP contribution >= 0.6 is 0 Å². The van der Waals surface area contributed by atoms with E-state index in [-0.39, 0.29) is 6.10 Å². The van der Waals surface area contributed by atoms with Crippen LogP contribution in [0.15, 0.2) is 24.3 Å². The highest BCUT2D eigenvalue weighted by Gasteiger charge is 2.17. The van der Waals surface area contributed by atoms with Gasteiger partial charge in [0.15, 0.2) is 0 Å². The lowest BCUT2D eigenvalue weighted by atomic mass is 9.86. The minimum absolute atomic E-state index is 0.347. The average Bonchev–Trinajstić information content (AvgIpc) is 2.27. The third kappa shape index (κ3) is 2.76. The molecule has 2 nitrogen and oxygen atoms in total. The summed E-state index contributed by atoms with van der Waals surface area (Å²) in [5.74, 6) is 1.68. The van der Waals surface area contributed by atoms with Crippen molar-refractivity contribution in [1.82, 2.24) is 0 Å². The number of aliphatic hydroxyl groups excluding tert-OH is 1. The summed E-state index contributed by atoms with van der Waals surface area (Å²) < 4.78 is 5.70. The highest BCUT2D eigenvalue weighted by molar-refractivity contribution is 5.28. The molecule has 88 valence electrons. The van der Waals surface area contributed by atoms with E-state index in [9.17, 15) is 5.11 Å². The van der Waals surface area contributed by atoms with E-state index in [4.69, 9.17) is 4.74 Å². The van der Waals surface area contributed by atoms with Gasteiger partial charge in [-0.2, -0.15) is 0 Å². The Labute approximate surface area is 97.3 Å². The zero-order chi connectivity index (χ0) is 11.4. The van der Waals surface area contributed by atoms with E-state index in [0.717, 1.165) is 30.3 Å². The highest BCUT2D eigenvalue weighted by atomic mass is 16.5. The maximum Gasteiger partial charge on any atom is 0.119 e. The standard InChI is InChI=1S/C14H20O2/c1-2-14(15)12-6-8-13(9-7-12)16-10-11-4-3-5-11/h6-9,11,14-15H,2-5,10H2,1H3/t14-/m0/s1. The van der Waals surface area contributed by atoms with Gasteiger partial charge in [-0.05, 0) is 42.9 Å². The van der Waals surface area contributed by atoms with Crippen LogP contribution in [0.4, 0.5) is 0 Å². The fourth-order valence-electron chi connectivity index (χ4n) is 1.90. The van der Waals surface area contributed by atoms with Crippen LogP contribution in [-0.4, -0.2) is 11.7 Å². The molecule has 0 radical (unpaired) electrons. The third-order valence-corrected chi connectivity index (χ3v) is 3.36. The molecule has 0 unspecified atom stereocenters. The number of hydrogen-bond acceptors (Lipinski definition) is 2. The first kappa shape index (κ1) is 11.5. The fourth-order valence-corrected chi connectivity index (χ4v) is 1.90. The molecule has 0 saturated heterocycles. The van der Waals surface area contributed by atoms with Gasteiger partial charge in [-0.3, -0.25) is 0 Å². The predicted octanol–water partition coefficient (Wildman–Crippen LogP) is 3.31. The maximum atomic E-state index is 9.64. The van der Waals surface area contributed by atoms with Crippen LogP contribution in [0.3, 0.4) is 0 Å². The fraction of sp³-hybridized carbons (Fsp3) is 0.571. The van der Waals surface area contributed by atoms with Gasteiger partial charge in [0.25, 0.3) is 0 Å². The molecule has 0 heterocycles. The summed E-state index contributed by atoms with van der Waals surface area (Å²) in [5.41, 5.74) is 0.971. The Morgan fingerprint density at radius 2 is 2.00 bits per heavy atom. The second-order valence-electron chi connectivity index (χ2n) is 4.60. The molecule has 1 saturated carbocycles. The van der Waals surface area contributed by atoms with E-state index in [1.165, 1.54) is 19.3 Å². The van der Waals surface area contributed by atoms with Crippen molar-refractivity contribution < 1.29 is 9.84 Å². The van der Waals surface area contributed by atoms with Crippen LogP contribution in [-0.2, 0) is 0 Å². The number of aliphatic hydroxyl groups is 1. The molecule has 1 aromatic rings. The molecule has 1 fully saturated rings. The van der Waals surface area contributed by atoms with Gasteiger partial charge in [0.2, 0.25) is 0 Å². The first-order valence-electron chi connectivity index (χ1n) is 6.20. The molecule has 0 spiro atoms. The van der Waals surface area contributed by atoms with Crippen LogP contribution in [0.1, 0.15) is 44.3 Å². The molecule has 2 heteroatoms. The van der Waals surface area contributed by atoms with Crippen molar-refractivity contribution in [2.45, 2.75) is 38.7 Å². The number of rotatable bonds is 5. The first-order chi connectivity index (χ1) is 7.79. The minimum atomic E-state index is -0.347. The van der Waals surface area contributed by atoms with Crippen molar-refractivity contribution in [2.24, 2.45) is 5.92 Å². The topological polar surface area (TPSA) is 29.5 Å². The largest absolute Gasteiger partial charge is 0.493 e. The molecular formula is C14H20O2. The Bertz CT molecular complexity index is 314. The lowest BCUT2D eigenvalue weighted by Gasteiger charge is -2.25. The van der Waals surface area contributed by atoms with E-state index in [2.05, 4.69) is 0 Å². The van der Waals surface area contributed by atoms with Gasteiger partial charge in [-0.1, -0.05) is 25.5 Å². The molecule has 1 aliphatic rings. The smallest absolute Gasteiger partial charge is 0.119 e. The van der Waals surface area contributed by atoms with Gasteiger partial charge in [0, 0.05) is 0 Å². The van der Waals surface area contributed by atoms with Crippen LogP contribution in [0.25, 0.3) is 0 Å². The molecule has 0 bridgehead atoms. The second-order valence-corrected chi connectivity index (χ2v) is 4.60. The summed E-state index contributed by atoms with van der Waals surface area (Å²) in [6, 6.07) is 7.80. The van der Waals surface area contributed by atoms with Crippen molar-refractivity contribution >= 4 is 0 Å². The van der Waals surface area contributed by atoms with Gasteiger partial charge in [0.05, 0.1) is 12.7 Å². The van der Waals surface area contributed by atoms with Gasteiger partial charge in [0.1, 0.15) is 5.75 Å². The molecule has 1 atom stereocenters. The normalized spacial score (nSPS) is 17.9. The monoisotopic (exact) mass is 220 g/mol. The molecule has 0 aliphatic heterocycles. The Morgan fingerprint density at radius 3 is 2.50 bits per heavy atom. The Kier molecular flexibility index (Phi) is 3.83. The van der Waals surface area contributed by atoms with Crippen LogP contribution < -0.4 is 4.74 Å². The number of ether oxygens (including phenoxy) is 1. The number of hydrogen-bond donors (Lipinski definition) is 1. The minimum Gasteiger partial charge on any atom is -0.493 e. The molecular weight excluding hydrogens is 200 g/mol. The van der Waals surface area contributed by atoms with Crippen molar-refractivity contribution in [1.29, 1.82) is 0 Å². The first-order valence-corrected chi connectivity index (χ1v) is 6.20. The molecule has 16 heavy (non-hydrogen) atoms. The molecule has 2 rings (SSSR count). The quantitative estimate of drug-likeness (QED) is 0.825. The molecule has 0 aromatic heterocycles. The van der Waals surface area contributed by atoms with Gasteiger partial charge in [-0.25, -0.2) is 0 Å². The molecule has 1 aliphatic carbocycles. The second kappa shape index (κ2) is 5.35. The van der Waals surface area contributed by atoms with Gasteiger partial charge in [-0.15, -0.1) is 0 Å². The SMILES string of the molecule is CC[C@H](O)c1ccc(OCC2CCC2)cc1. The summed E-state index contributed by atoms with van der Waals surface area (Å²) in [6.45, 7) is 2.82. The van der Waals surface area contributed by atoms with Crippen molar-refractivity contribution in [3.05, 3.63) is 29.8 Å². The van der Waals surface area contributed by atoms with Crippen LogP contribution in [0.5, 0.6) is 5.75 Å². The Balaban J connectivity index is 1.85. The summed E-state index contributed by atoms with van der Waals surface area (Å²) in [6.07, 6.45) is 4.39. The maximum absolute atomic E-state index is 9.64. The van der Waals surface area contributed by atoms with E-state index < -0.39 is 0 Å². The molecule has 1 aromatic carbocycles. The molecule has 1 N–H and O–H groups in total. The van der Waals surface area contributed by atoms with E-state index in [1.807, 2.05) is 31.2 Å². The lowest BCUT2D eigenvalue weighted by molar-refractivity contribution is 0.172. The van der Waals surface area contributed by atoms with Gasteiger partial charge >= 0.3 is 0 Å². The molecule has 0 amide bonds. The summed E-state index contributed by atoms with van der Waals surface area (Å²) in [4.78, 5) is 0. The van der Waals surface area contributed by atoms with Crippen LogP contribution in [0.2, 0.25) is 0 Å². The predicted molar refractivity (Wildman–Crippen MR) is 64.5 cm³/mol. The van der Waals surface area contributed by atoms with Crippen LogP contribution in [0, 0.1) is 5.92 Å². The third-order valence-electron chi connectivity index (χ3n) is 3.36. The van der Waals surface area contributed by atoms with Gasteiger partial charge < -0.3 is 9.84 Å². The van der Waals surface area contributed by atoms with E-state index >= 15 is 0 Å². The average molecular weight is 220 g/mol.